The Morgan fingerprint density at radius 3 is 2.39 bits per heavy atom. The fraction of sp³-hybridized carbons (Fsp3) is 0.895. The van der Waals surface area contributed by atoms with Crippen molar-refractivity contribution in [3.05, 3.63) is 0 Å². The summed E-state index contributed by atoms with van der Waals surface area (Å²) < 4.78 is 5.57. The van der Waals surface area contributed by atoms with Crippen molar-refractivity contribution in [2.75, 3.05) is 0 Å². The molecule has 0 aromatic rings. The summed E-state index contributed by atoms with van der Waals surface area (Å²) in [5, 5.41) is 0. The van der Waals surface area contributed by atoms with E-state index < -0.39 is 0 Å². The molecule has 0 radical (unpaired) electrons. The van der Waals surface area contributed by atoms with Gasteiger partial charge in [0.1, 0.15) is 6.10 Å². The van der Waals surface area contributed by atoms with Crippen molar-refractivity contribution < 1.29 is 14.3 Å². The quantitative estimate of drug-likeness (QED) is 0.693. The smallest absolute Gasteiger partial charge is 0.306 e. The topological polar surface area (TPSA) is 46.6 Å². The first-order valence-corrected chi connectivity index (χ1v) is 9.17. The number of cyclic esters (lactones) is 1. The highest BCUT2D eigenvalue weighted by Gasteiger charge is 2.34. The van der Waals surface area contributed by atoms with E-state index in [2.05, 4.69) is 48.5 Å². The predicted octanol–water partition coefficient (Wildman–Crippen LogP) is 4.03. The van der Waals surface area contributed by atoms with Crippen molar-refractivity contribution in [2.45, 2.75) is 92.3 Å². The Morgan fingerprint density at radius 2 is 1.87 bits per heavy atom. The number of nitrogens with zero attached hydrogens (tertiary/aromatic N) is 1. The maximum atomic E-state index is 12.9. The Labute approximate surface area is 141 Å². The fourth-order valence-electron chi connectivity index (χ4n) is 3.61. The van der Waals surface area contributed by atoms with E-state index in [9.17, 15) is 9.59 Å². The van der Waals surface area contributed by atoms with Gasteiger partial charge in [-0.3, -0.25) is 9.59 Å². The van der Waals surface area contributed by atoms with Crippen molar-refractivity contribution in [1.29, 1.82) is 0 Å². The van der Waals surface area contributed by atoms with Crippen molar-refractivity contribution in [1.82, 2.24) is 4.90 Å². The Bertz CT molecular complexity index is 407. The molecule has 0 bridgehead atoms. The average molecular weight is 325 g/mol. The van der Waals surface area contributed by atoms with Gasteiger partial charge in [-0.05, 0) is 44.9 Å². The molecular formula is C19H35NO3. The number of amides is 1. The Morgan fingerprint density at radius 1 is 1.26 bits per heavy atom. The molecule has 134 valence electrons. The Kier molecular flexibility index (Phi) is 7.56. The summed E-state index contributed by atoms with van der Waals surface area (Å²) in [4.78, 5) is 26.7. The minimum atomic E-state index is -0.287. The molecule has 1 aliphatic rings. The van der Waals surface area contributed by atoms with Crippen LogP contribution in [0.5, 0.6) is 0 Å². The first kappa shape index (κ1) is 20.0. The van der Waals surface area contributed by atoms with Crippen molar-refractivity contribution in [3.63, 3.8) is 0 Å². The second kappa shape index (κ2) is 8.70. The zero-order valence-electron chi connectivity index (χ0n) is 16.0. The molecule has 1 amide bonds. The van der Waals surface area contributed by atoms with Crippen LogP contribution < -0.4 is 0 Å². The molecule has 4 heteroatoms. The molecule has 1 rings (SSSR count). The van der Waals surface area contributed by atoms with Gasteiger partial charge >= 0.3 is 5.97 Å². The van der Waals surface area contributed by atoms with E-state index in [4.69, 9.17) is 4.74 Å². The molecule has 5 unspecified atom stereocenters. The lowest BCUT2D eigenvalue weighted by atomic mass is 9.90. The first-order valence-electron chi connectivity index (χ1n) is 9.17. The normalized spacial score (nSPS) is 28.0. The number of carbonyl (C=O) groups is 2. The predicted molar refractivity (Wildman–Crippen MR) is 93.0 cm³/mol. The standard InChI is InChI=1S/C19H35NO3/c1-8-14(5)16(7)20(12(2)3)18(21)11-17-15(6)9-13(4)10-19(22)23-17/h12-17H,8-11H2,1-7H3. The van der Waals surface area contributed by atoms with E-state index in [-0.39, 0.29) is 36.0 Å². The van der Waals surface area contributed by atoms with Crippen LogP contribution in [0.3, 0.4) is 0 Å². The van der Waals surface area contributed by atoms with Gasteiger partial charge in [-0.15, -0.1) is 0 Å². The molecule has 0 spiro atoms. The van der Waals surface area contributed by atoms with E-state index in [1.807, 2.05) is 4.90 Å². The minimum Gasteiger partial charge on any atom is -0.462 e. The highest BCUT2D eigenvalue weighted by atomic mass is 16.5. The maximum absolute atomic E-state index is 12.9. The van der Waals surface area contributed by atoms with Crippen LogP contribution in [0.1, 0.15) is 74.1 Å². The second-order valence-electron chi connectivity index (χ2n) is 7.78. The highest BCUT2D eigenvalue weighted by Crippen LogP contribution is 2.28. The summed E-state index contributed by atoms with van der Waals surface area (Å²) >= 11 is 0. The number of hydrogen-bond donors (Lipinski definition) is 0. The van der Waals surface area contributed by atoms with Crippen LogP contribution in [-0.2, 0) is 14.3 Å². The summed E-state index contributed by atoms with van der Waals surface area (Å²) in [6, 6.07) is 0.352. The monoisotopic (exact) mass is 325 g/mol. The lowest BCUT2D eigenvalue weighted by Gasteiger charge is -2.37. The minimum absolute atomic E-state index is 0.104. The number of ether oxygens (including phenoxy) is 1. The number of hydrogen-bond acceptors (Lipinski definition) is 3. The van der Waals surface area contributed by atoms with Gasteiger partial charge in [-0.2, -0.15) is 0 Å². The third-order valence-corrected chi connectivity index (χ3v) is 5.33. The summed E-state index contributed by atoms with van der Waals surface area (Å²) in [5.41, 5.74) is 0. The molecule has 23 heavy (non-hydrogen) atoms. The van der Waals surface area contributed by atoms with Gasteiger partial charge in [-0.1, -0.05) is 34.1 Å². The molecule has 0 aromatic carbocycles. The zero-order chi connectivity index (χ0) is 17.7. The fourth-order valence-corrected chi connectivity index (χ4v) is 3.61. The molecule has 1 fully saturated rings. The molecule has 0 aromatic heterocycles. The van der Waals surface area contributed by atoms with E-state index in [0.29, 0.717) is 24.7 Å². The maximum Gasteiger partial charge on any atom is 0.306 e. The number of rotatable bonds is 6. The van der Waals surface area contributed by atoms with Gasteiger partial charge < -0.3 is 9.64 Å². The van der Waals surface area contributed by atoms with E-state index >= 15 is 0 Å². The SMILES string of the molecule is CCC(C)C(C)N(C(=O)CC1OC(=O)CC(C)CC1C)C(C)C. The summed E-state index contributed by atoms with van der Waals surface area (Å²) in [5.74, 6) is 0.958. The van der Waals surface area contributed by atoms with Crippen LogP contribution in [0.15, 0.2) is 0 Å². The van der Waals surface area contributed by atoms with Crippen LogP contribution in [0.4, 0.5) is 0 Å². The molecule has 0 saturated carbocycles. The molecule has 1 aliphatic heterocycles. The van der Waals surface area contributed by atoms with Gasteiger partial charge in [0.25, 0.3) is 0 Å². The second-order valence-corrected chi connectivity index (χ2v) is 7.78. The Balaban J connectivity index is 2.82. The molecule has 0 N–H and O–H groups in total. The molecule has 4 nitrogen and oxygen atoms in total. The average Bonchev–Trinajstić information content (AvgIpc) is 2.55. The van der Waals surface area contributed by atoms with Gasteiger partial charge in [0.05, 0.1) is 6.42 Å². The van der Waals surface area contributed by atoms with Crippen LogP contribution in [-0.4, -0.2) is 35.0 Å². The molecule has 5 atom stereocenters. The third-order valence-electron chi connectivity index (χ3n) is 5.33. The highest BCUT2D eigenvalue weighted by molar-refractivity contribution is 5.78. The van der Waals surface area contributed by atoms with Gasteiger partial charge in [0, 0.05) is 18.5 Å². The van der Waals surface area contributed by atoms with E-state index in [0.717, 1.165) is 12.8 Å². The van der Waals surface area contributed by atoms with Gasteiger partial charge in [0.2, 0.25) is 5.91 Å². The third kappa shape index (κ3) is 5.50. The molecular weight excluding hydrogens is 290 g/mol. The van der Waals surface area contributed by atoms with Crippen molar-refractivity contribution >= 4 is 11.9 Å². The van der Waals surface area contributed by atoms with E-state index in [1.165, 1.54) is 0 Å². The number of carbonyl (C=O) groups excluding carboxylic acids is 2. The summed E-state index contributed by atoms with van der Waals surface area (Å²) in [7, 11) is 0. The number of esters is 1. The van der Waals surface area contributed by atoms with E-state index in [1.54, 1.807) is 0 Å². The summed E-state index contributed by atoms with van der Waals surface area (Å²) in [6.45, 7) is 14.7. The lowest BCUT2D eigenvalue weighted by molar-refractivity contribution is -0.153. The first-order chi connectivity index (χ1) is 10.7. The zero-order valence-corrected chi connectivity index (χ0v) is 16.0. The van der Waals surface area contributed by atoms with Crippen LogP contribution in [0, 0.1) is 17.8 Å². The van der Waals surface area contributed by atoms with Crippen LogP contribution >= 0.6 is 0 Å². The van der Waals surface area contributed by atoms with Crippen LogP contribution in [0.25, 0.3) is 0 Å². The Hall–Kier alpha value is -1.06. The van der Waals surface area contributed by atoms with Gasteiger partial charge in [0.15, 0.2) is 0 Å². The van der Waals surface area contributed by atoms with Crippen LogP contribution in [0.2, 0.25) is 0 Å². The van der Waals surface area contributed by atoms with Crippen molar-refractivity contribution in [3.8, 4) is 0 Å². The van der Waals surface area contributed by atoms with Crippen molar-refractivity contribution in [2.24, 2.45) is 17.8 Å². The molecule has 0 aliphatic carbocycles. The van der Waals surface area contributed by atoms with Gasteiger partial charge in [-0.25, -0.2) is 0 Å². The molecule has 1 heterocycles. The molecule has 1 saturated heterocycles. The largest absolute Gasteiger partial charge is 0.462 e. The lowest BCUT2D eigenvalue weighted by Crippen LogP contribution is -2.47. The summed E-state index contributed by atoms with van der Waals surface area (Å²) in [6.07, 6.45) is 2.46.